The van der Waals surface area contributed by atoms with Crippen molar-refractivity contribution in [3.8, 4) is 0 Å². The Hall–Kier alpha value is -2.58. The van der Waals surface area contributed by atoms with Gasteiger partial charge in [-0.25, -0.2) is 4.39 Å². The second-order valence-electron chi connectivity index (χ2n) is 5.45. The number of halogens is 4. The van der Waals surface area contributed by atoms with Crippen LogP contribution in [-0.2, 0) is 4.79 Å². The van der Waals surface area contributed by atoms with E-state index in [1.165, 1.54) is 12.1 Å². The van der Waals surface area contributed by atoms with Crippen LogP contribution in [0.4, 0.5) is 23.2 Å². The van der Waals surface area contributed by atoms with E-state index in [0.717, 1.165) is 11.9 Å². The number of carbonyl (C=O) groups excluding carboxylic acids is 1. The number of aliphatic imine (C=N–C) groups is 1. The molecule has 2 rings (SSSR count). The quantitative estimate of drug-likeness (QED) is 0.661. The van der Waals surface area contributed by atoms with Gasteiger partial charge in [0.25, 0.3) is 0 Å². The molecule has 1 heterocycles. The molecule has 9 heteroatoms. The highest BCUT2D eigenvalue weighted by atomic mass is 19.4. The number of hydrogen-bond acceptors (Lipinski definition) is 4. The lowest BCUT2D eigenvalue weighted by atomic mass is 10.2. The third-order valence-electron chi connectivity index (χ3n) is 3.74. The number of amides is 1. The van der Waals surface area contributed by atoms with Crippen molar-refractivity contribution in [1.29, 1.82) is 0 Å². The van der Waals surface area contributed by atoms with Crippen LogP contribution in [0.15, 0.2) is 41.0 Å². The van der Waals surface area contributed by atoms with Crippen LogP contribution in [0.3, 0.4) is 0 Å². The molecule has 0 saturated carbocycles. The molecule has 5 nitrogen and oxygen atoms in total. The highest BCUT2D eigenvalue weighted by molar-refractivity contribution is 5.82. The van der Waals surface area contributed by atoms with Gasteiger partial charge in [0.2, 0.25) is 5.91 Å². The van der Waals surface area contributed by atoms with Crippen molar-refractivity contribution in [3.05, 3.63) is 41.9 Å². The lowest BCUT2D eigenvalue weighted by Gasteiger charge is -2.35. The van der Waals surface area contributed by atoms with Crippen molar-refractivity contribution < 1.29 is 22.4 Å². The smallest absolute Gasteiger partial charge is 0.395 e. The van der Waals surface area contributed by atoms with Crippen LogP contribution < -0.4 is 10.6 Å². The van der Waals surface area contributed by atoms with E-state index in [1.54, 1.807) is 17.0 Å². The summed E-state index contributed by atoms with van der Waals surface area (Å²) in [5.74, 6) is -0.579. The molecule has 1 amide bonds. The molecule has 25 heavy (non-hydrogen) atoms. The number of hydrogen-bond donors (Lipinski definition) is 1. The number of nitrogens with two attached hydrogens (primary N) is 1. The summed E-state index contributed by atoms with van der Waals surface area (Å²) in [6, 6.07) is 6.10. The fourth-order valence-corrected chi connectivity index (χ4v) is 2.32. The molecular weight excluding hydrogens is 340 g/mol. The van der Waals surface area contributed by atoms with Crippen molar-refractivity contribution in [2.24, 2.45) is 10.7 Å². The maximum atomic E-state index is 12.9. The number of anilines is 1. The summed E-state index contributed by atoms with van der Waals surface area (Å²) in [6.45, 7) is 1.86. The van der Waals surface area contributed by atoms with Crippen LogP contribution in [0.1, 0.15) is 0 Å². The first kappa shape index (κ1) is 18.8. The summed E-state index contributed by atoms with van der Waals surface area (Å²) in [7, 11) is 0. The zero-order valence-corrected chi connectivity index (χ0v) is 13.3. The minimum absolute atomic E-state index is 0.238. The molecule has 0 aliphatic carbocycles. The zero-order valence-electron chi connectivity index (χ0n) is 13.3. The Bertz CT molecular complexity index is 647. The van der Waals surface area contributed by atoms with Crippen molar-refractivity contribution in [2.45, 2.75) is 6.18 Å². The van der Waals surface area contributed by atoms with Gasteiger partial charge >= 0.3 is 6.18 Å². The van der Waals surface area contributed by atoms with E-state index >= 15 is 0 Å². The van der Waals surface area contributed by atoms with E-state index in [1.807, 2.05) is 4.90 Å². The predicted octanol–water partition coefficient (Wildman–Crippen LogP) is 1.95. The van der Waals surface area contributed by atoms with Crippen LogP contribution in [0.2, 0.25) is 0 Å². The van der Waals surface area contributed by atoms with E-state index < -0.39 is 11.9 Å². The summed E-state index contributed by atoms with van der Waals surface area (Å²) in [4.78, 5) is 19.3. The molecule has 0 atom stereocenters. The van der Waals surface area contributed by atoms with Crippen LogP contribution >= 0.6 is 0 Å². The Labute approximate surface area is 142 Å². The van der Waals surface area contributed by atoms with E-state index in [4.69, 9.17) is 5.73 Å². The predicted molar refractivity (Wildman–Crippen MR) is 86.9 cm³/mol. The van der Waals surface area contributed by atoms with Gasteiger partial charge in [-0.3, -0.25) is 9.79 Å². The molecule has 0 aromatic heterocycles. The monoisotopic (exact) mass is 358 g/mol. The molecule has 0 radical (unpaired) electrons. The second kappa shape index (κ2) is 8.00. The van der Waals surface area contributed by atoms with Gasteiger partial charge in [-0.15, -0.1) is 0 Å². The van der Waals surface area contributed by atoms with Crippen LogP contribution in [-0.4, -0.2) is 55.9 Å². The Morgan fingerprint density at radius 3 is 2.32 bits per heavy atom. The highest BCUT2D eigenvalue weighted by Crippen LogP contribution is 2.20. The number of carbonyl (C=O) groups is 1. The number of alkyl halides is 3. The normalized spacial score (nSPS) is 16.6. The lowest BCUT2D eigenvalue weighted by Crippen LogP contribution is -2.49. The van der Waals surface area contributed by atoms with Crippen molar-refractivity contribution in [1.82, 2.24) is 4.90 Å². The largest absolute Gasteiger partial charge is 0.430 e. The van der Waals surface area contributed by atoms with Gasteiger partial charge in [0.1, 0.15) is 18.1 Å². The molecule has 1 fully saturated rings. The summed E-state index contributed by atoms with van der Waals surface area (Å²) >= 11 is 0. The molecule has 1 saturated heterocycles. The van der Waals surface area contributed by atoms with Crippen molar-refractivity contribution in [3.63, 3.8) is 0 Å². The van der Waals surface area contributed by atoms with E-state index in [9.17, 15) is 22.4 Å². The molecule has 1 aliphatic rings. The number of rotatable bonds is 4. The Balaban J connectivity index is 1.80. The SMILES string of the molecule is NC(=CC=NCC(=O)N1CCN(c2ccc(F)cc2)CC1)C(F)(F)F. The van der Waals surface area contributed by atoms with Crippen molar-refractivity contribution >= 4 is 17.8 Å². The number of piperazine rings is 1. The van der Waals surface area contributed by atoms with Gasteiger partial charge in [0, 0.05) is 38.1 Å². The van der Waals surface area contributed by atoms with E-state index in [0.29, 0.717) is 32.3 Å². The third-order valence-corrected chi connectivity index (χ3v) is 3.74. The van der Waals surface area contributed by atoms with Gasteiger partial charge in [-0.2, -0.15) is 13.2 Å². The molecule has 136 valence electrons. The fraction of sp³-hybridized carbons (Fsp3) is 0.375. The van der Waals surface area contributed by atoms with Gasteiger partial charge in [0.05, 0.1) is 0 Å². The van der Waals surface area contributed by atoms with Gasteiger partial charge < -0.3 is 15.5 Å². The first-order valence-electron chi connectivity index (χ1n) is 7.58. The van der Waals surface area contributed by atoms with E-state index in [-0.39, 0.29) is 18.3 Å². The fourth-order valence-electron chi connectivity index (χ4n) is 2.32. The van der Waals surface area contributed by atoms with E-state index in [2.05, 4.69) is 4.99 Å². The molecule has 2 N–H and O–H groups in total. The summed E-state index contributed by atoms with van der Waals surface area (Å²) in [6.07, 6.45) is -3.10. The van der Waals surface area contributed by atoms with Gasteiger partial charge in [-0.05, 0) is 30.3 Å². The Kier molecular flexibility index (Phi) is 6.00. The Morgan fingerprint density at radius 2 is 1.76 bits per heavy atom. The number of benzene rings is 1. The van der Waals surface area contributed by atoms with Gasteiger partial charge in [0.15, 0.2) is 0 Å². The summed E-state index contributed by atoms with van der Waals surface area (Å²) in [5, 5.41) is 0. The molecule has 0 bridgehead atoms. The number of nitrogens with zero attached hydrogens (tertiary/aromatic N) is 3. The van der Waals surface area contributed by atoms with Crippen LogP contribution in [0.25, 0.3) is 0 Å². The molecule has 1 aromatic rings. The maximum absolute atomic E-state index is 12.9. The summed E-state index contributed by atoms with van der Waals surface area (Å²) in [5.41, 5.74) is 4.42. The Morgan fingerprint density at radius 1 is 1.16 bits per heavy atom. The topological polar surface area (TPSA) is 61.9 Å². The molecule has 0 unspecified atom stereocenters. The molecular formula is C16H18F4N4O. The summed E-state index contributed by atoms with van der Waals surface area (Å²) < 4.78 is 49.4. The minimum atomic E-state index is -4.60. The average Bonchev–Trinajstić information content (AvgIpc) is 2.58. The molecule has 1 aromatic carbocycles. The average molecular weight is 358 g/mol. The second-order valence-corrected chi connectivity index (χ2v) is 5.45. The first-order valence-corrected chi connectivity index (χ1v) is 7.58. The zero-order chi connectivity index (χ0) is 18.4. The minimum Gasteiger partial charge on any atom is -0.395 e. The molecule has 0 spiro atoms. The first-order chi connectivity index (χ1) is 11.8. The number of allylic oxidation sites excluding steroid dienone is 2. The van der Waals surface area contributed by atoms with Crippen LogP contribution in [0.5, 0.6) is 0 Å². The highest BCUT2D eigenvalue weighted by Gasteiger charge is 2.30. The van der Waals surface area contributed by atoms with Crippen molar-refractivity contribution in [2.75, 3.05) is 37.6 Å². The standard InChI is InChI=1S/C16H18F4N4O/c17-12-1-3-13(4-2-12)23-7-9-24(10-8-23)15(25)11-22-6-5-14(21)16(18,19)20/h1-6H,7-11,21H2. The maximum Gasteiger partial charge on any atom is 0.430 e. The van der Waals surface area contributed by atoms with Gasteiger partial charge in [-0.1, -0.05) is 0 Å². The van der Waals surface area contributed by atoms with Crippen LogP contribution in [0, 0.1) is 5.82 Å². The lowest BCUT2D eigenvalue weighted by molar-refractivity contribution is -0.129. The molecule has 1 aliphatic heterocycles. The third kappa shape index (κ3) is 5.47.